The van der Waals surface area contributed by atoms with Crippen LogP contribution in [0.5, 0.6) is 0 Å². The smallest absolute Gasteiger partial charge is 0.0593 e. The minimum atomic E-state index is 0.886. The van der Waals surface area contributed by atoms with E-state index in [9.17, 15) is 0 Å². The van der Waals surface area contributed by atoms with E-state index in [1.54, 1.807) is 0 Å². The predicted octanol–water partition coefficient (Wildman–Crippen LogP) is 2.90. The van der Waals surface area contributed by atoms with Gasteiger partial charge in [-0.1, -0.05) is 19.8 Å². The van der Waals surface area contributed by atoms with Crippen molar-refractivity contribution >= 4 is 5.69 Å². The Hall–Kier alpha value is -1.09. The number of hydrogen-bond acceptors (Lipinski definition) is 3. The van der Waals surface area contributed by atoms with Gasteiger partial charge in [-0.25, -0.2) is 0 Å². The van der Waals surface area contributed by atoms with E-state index in [2.05, 4.69) is 30.8 Å². The molecule has 0 saturated heterocycles. The standard InChI is InChI=1S/C14H25N3/c1-5-6-7-8-17(4)10-13-12(3)14(15)11(2)9-16-13/h9H,5-8,10H2,1-4H3,(H2,15,16). The molecule has 1 aromatic rings. The van der Waals surface area contributed by atoms with Crippen LogP contribution in [0.25, 0.3) is 0 Å². The topological polar surface area (TPSA) is 42.2 Å². The van der Waals surface area contributed by atoms with E-state index >= 15 is 0 Å². The maximum Gasteiger partial charge on any atom is 0.0593 e. The maximum atomic E-state index is 6.02. The van der Waals surface area contributed by atoms with E-state index in [4.69, 9.17) is 5.73 Å². The molecule has 0 amide bonds. The summed E-state index contributed by atoms with van der Waals surface area (Å²) in [5, 5.41) is 0. The Morgan fingerprint density at radius 3 is 2.65 bits per heavy atom. The van der Waals surface area contributed by atoms with Crippen molar-refractivity contribution in [1.82, 2.24) is 9.88 Å². The van der Waals surface area contributed by atoms with Gasteiger partial charge in [0.25, 0.3) is 0 Å². The normalized spacial score (nSPS) is 11.1. The number of aryl methyl sites for hydroxylation is 1. The largest absolute Gasteiger partial charge is 0.398 e. The van der Waals surface area contributed by atoms with E-state index in [0.717, 1.165) is 35.6 Å². The summed E-state index contributed by atoms with van der Waals surface area (Å²) < 4.78 is 0. The molecule has 0 aromatic carbocycles. The molecule has 1 aromatic heterocycles. The molecule has 0 saturated carbocycles. The second-order valence-corrected chi connectivity index (χ2v) is 4.87. The molecule has 0 unspecified atom stereocenters. The monoisotopic (exact) mass is 235 g/mol. The van der Waals surface area contributed by atoms with Crippen LogP contribution in [0.15, 0.2) is 6.20 Å². The molecule has 96 valence electrons. The lowest BCUT2D eigenvalue weighted by atomic mass is 10.1. The van der Waals surface area contributed by atoms with Crippen LogP contribution in [0.4, 0.5) is 5.69 Å². The van der Waals surface area contributed by atoms with Gasteiger partial charge in [0.15, 0.2) is 0 Å². The SMILES string of the molecule is CCCCCN(C)Cc1ncc(C)c(N)c1C. The van der Waals surface area contributed by atoms with Crippen molar-refractivity contribution in [3.05, 3.63) is 23.0 Å². The first-order valence-corrected chi connectivity index (χ1v) is 6.45. The van der Waals surface area contributed by atoms with Crippen LogP contribution in [-0.2, 0) is 6.54 Å². The quantitative estimate of drug-likeness (QED) is 0.771. The average molecular weight is 235 g/mol. The Labute approximate surface area is 105 Å². The van der Waals surface area contributed by atoms with Gasteiger partial charge in [0.05, 0.1) is 5.69 Å². The van der Waals surface area contributed by atoms with E-state index in [0.29, 0.717) is 0 Å². The lowest BCUT2D eigenvalue weighted by Gasteiger charge is -2.18. The molecular formula is C14H25N3. The van der Waals surface area contributed by atoms with Gasteiger partial charge in [-0.05, 0) is 45.0 Å². The van der Waals surface area contributed by atoms with Crippen LogP contribution >= 0.6 is 0 Å². The molecular weight excluding hydrogens is 210 g/mol. The minimum absolute atomic E-state index is 0.886. The zero-order valence-corrected chi connectivity index (χ0v) is 11.6. The Bertz CT molecular complexity index is 361. The highest BCUT2D eigenvalue weighted by Crippen LogP contribution is 2.18. The molecule has 0 aliphatic carbocycles. The lowest BCUT2D eigenvalue weighted by molar-refractivity contribution is 0.314. The highest BCUT2D eigenvalue weighted by atomic mass is 15.1. The van der Waals surface area contributed by atoms with Crippen molar-refractivity contribution in [1.29, 1.82) is 0 Å². The van der Waals surface area contributed by atoms with Crippen LogP contribution < -0.4 is 5.73 Å². The number of pyridine rings is 1. The van der Waals surface area contributed by atoms with Crippen LogP contribution in [0.3, 0.4) is 0 Å². The number of anilines is 1. The number of rotatable bonds is 6. The first-order chi connectivity index (χ1) is 8.06. The van der Waals surface area contributed by atoms with Crippen LogP contribution in [0.1, 0.15) is 43.0 Å². The molecule has 2 N–H and O–H groups in total. The average Bonchev–Trinajstić information content (AvgIpc) is 2.30. The van der Waals surface area contributed by atoms with Crippen LogP contribution in [0, 0.1) is 13.8 Å². The summed E-state index contributed by atoms with van der Waals surface area (Å²) in [6.07, 6.45) is 5.69. The number of nitrogens with two attached hydrogens (primary N) is 1. The van der Waals surface area contributed by atoms with Gasteiger partial charge in [0, 0.05) is 18.4 Å². The summed E-state index contributed by atoms with van der Waals surface area (Å²) in [7, 11) is 2.15. The van der Waals surface area contributed by atoms with Gasteiger partial charge in [-0.3, -0.25) is 4.98 Å². The summed E-state index contributed by atoms with van der Waals surface area (Å²) in [5.74, 6) is 0. The highest BCUT2D eigenvalue weighted by Gasteiger charge is 2.08. The number of hydrogen-bond donors (Lipinski definition) is 1. The van der Waals surface area contributed by atoms with Crippen molar-refractivity contribution in [2.24, 2.45) is 0 Å². The molecule has 0 radical (unpaired) electrons. The second kappa shape index (κ2) is 6.60. The first-order valence-electron chi connectivity index (χ1n) is 6.45. The third kappa shape index (κ3) is 4.00. The summed E-state index contributed by atoms with van der Waals surface area (Å²) >= 11 is 0. The molecule has 0 spiro atoms. The summed E-state index contributed by atoms with van der Waals surface area (Å²) in [5.41, 5.74) is 10.2. The number of nitrogens with zero attached hydrogens (tertiary/aromatic N) is 2. The fourth-order valence-corrected chi connectivity index (χ4v) is 1.92. The van der Waals surface area contributed by atoms with Crippen molar-refractivity contribution in [3.63, 3.8) is 0 Å². The Kier molecular flexibility index (Phi) is 5.42. The van der Waals surface area contributed by atoms with Gasteiger partial charge >= 0.3 is 0 Å². The van der Waals surface area contributed by atoms with Crippen molar-refractivity contribution in [3.8, 4) is 0 Å². The molecule has 17 heavy (non-hydrogen) atoms. The van der Waals surface area contributed by atoms with Crippen LogP contribution in [-0.4, -0.2) is 23.5 Å². The Morgan fingerprint density at radius 1 is 1.29 bits per heavy atom. The van der Waals surface area contributed by atoms with Crippen molar-refractivity contribution in [2.75, 3.05) is 19.3 Å². The van der Waals surface area contributed by atoms with E-state index in [1.807, 2.05) is 13.1 Å². The minimum Gasteiger partial charge on any atom is -0.398 e. The first kappa shape index (κ1) is 14.0. The maximum absolute atomic E-state index is 6.02. The number of nitrogen functional groups attached to an aromatic ring is 1. The third-order valence-corrected chi connectivity index (χ3v) is 3.24. The second-order valence-electron chi connectivity index (χ2n) is 4.87. The van der Waals surface area contributed by atoms with Gasteiger partial charge in [-0.2, -0.15) is 0 Å². The van der Waals surface area contributed by atoms with Crippen LogP contribution in [0.2, 0.25) is 0 Å². The van der Waals surface area contributed by atoms with E-state index in [-0.39, 0.29) is 0 Å². The van der Waals surface area contributed by atoms with Crippen molar-refractivity contribution < 1.29 is 0 Å². The van der Waals surface area contributed by atoms with Gasteiger partial charge in [-0.15, -0.1) is 0 Å². The molecule has 0 fully saturated rings. The van der Waals surface area contributed by atoms with E-state index < -0.39 is 0 Å². The van der Waals surface area contributed by atoms with Crippen molar-refractivity contribution in [2.45, 2.75) is 46.6 Å². The van der Waals surface area contributed by atoms with Gasteiger partial charge in [0.1, 0.15) is 0 Å². The fourth-order valence-electron chi connectivity index (χ4n) is 1.92. The molecule has 1 heterocycles. The molecule has 3 nitrogen and oxygen atoms in total. The lowest BCUT2D eigenvalue weighted by Crippen LogP contribution is -2.20. The molecule has 1 rings (SSSR count). The summed E-state index contributed by atoms with van der Waals surface area (Å²) in [6.45, 7) is 8.31. The number of unbranched alkanes of at least 4 members (excludes halogenated alkanes) is 2. The molecule has 3 heteroatoms. The Balaban J connectivity index is 2.59. The predicted molar refractivity (Wildman–Crippen MR) is 74.0 cm³/mol. The van der Waals surface area contributed by atoms with E-state index in [1.165, 1.54) is 19.3 Å². The molecule has 0 aliphatic heterocycles. The van der Waals surface area contributed by atoms with Gasteiger partial charge < -0.3 is 10.6 Å². The summed E-state index contributed by atoms with van der Waals surface area (Å²) in [4.78, 5) is 6.80. The highest BCUT2D eigenvalue weighted by molar-refractivity contribution is 5.53. The number of aromatic nitrogens is 1. The van der Waals surface area contributed by atoms with Gasteiger partial charge in [0.2, 0.25) is 0 Å². The molecule has 0 aliphatic rings. The third-order valence-electron chi connectivity index (χ3n) is 3.24. The summed E-state index contributed by atoms with van der Waals surface area (Å²) in [6, 6.07) is 0. The zero-order valence-electron chi connectivity index (χ0n) is 11.6. The Morgan fingerprint density at radius 2 is 2.00 bits per heavy atom. The zero-order chi connectivity index (χ0) is 12.8. The fraction of sp³-hybridized carbons (Fsp3) is 0.643. The molecule has 0 atom stereocenters. The molecule has 0 bridgehead atoms.